The molecule has 3 aromatic carbocycles. The largest absolute Gasteiger partial charge is 0.426 e. The van der Waals surface area contributed by atoms with Crippen molar-refractivity contribution in [3.63, 3.8) is 0 Å². The molecule has 0 aliphatic heterocycles. The lowest BCUT2D eigenvalue weighted by Crippen LogP contribution is -2.52. The zero-order valence-corrected chi connectivity index (χ0v) is 20.0. The lowest BCUT2D eigenvalue weighted by Gasteiger charge is -2.25. The average Bonchev–Trinajstić information content (AvgIpc) is 2.80. The lowest BCUT2D eigenvalue weighted by molar-refractivity contribution is -0.242. The van der Waals surface area contributed by atoms with Crippen LogP contribution in [0.2, 0.25) is 5.02 Å². The number of benzene rings is 3. The van der Waals surface area contributed by atoms with E-state index >= 15 is 0 Å². The van der Waals surface area contributed by atoms with Crippen LogP contribution in [0.3, 0.4) is 0 Å². The van der Waals surface area contributed by atoms with E-state index in [1.165, 1.54) is 24.3 Å². The van der Waals surface area contributed by atoms with Gasteiger partial charge in [-0.15, -0.1) is 0 Å². The number of alkyl halides is 3. The van der Waals surface area contributed by atoms with Gasteiger partial charge in [-0.25, -0.2) is 13.2 Å². The molecule has 3 rings (SSSR count). The minimum absolute atomic E-state index is 0.149. The smallest absolute Gasteiger partial charge is 0.373 e. The molecule has 1 atom stereocenters. The zero-order chi connectivity index (χ0) is 26.7. The van der Waals surface area contributed by atoms with Crippen LogP contribution in [0, 0.1) is 0 Å². The van der Waals surface area contributed by atoms with Crippen LogP contribution < -0.4 is 16.0 Å². The maximum atomic E-state index is 13.0. The molecule has 8 nitrogen and oxygen atoms in total. The Morgan fingerprint density at radius 3 is 1.89 bits per heavy atom. The van der Waals surface area contributed by atoms with Crippen molar-refractivity contribution in [2.24, 2.45) is 0 Å². The van der Waals surface area contributed by atoms with Gasteiger partial charge in [0, 0.05) is 11.4 Å². The number of nitrogens with one attached hydrogen (secondary N) is 3. The monoisotopic (exact) mass is 541 g/mol. The number of hydrogen-bond acceptors (Lipinski definition) is 5. The summed E-state index contributed by atoms with van der Waals surface area (Å²) < 4.78 is 64.4. The summed E-state index contributed by atoms with van der Waals surface area (Å²) >= 11 is 5.98. The quantitative estimate of drug-likeness (QED) is 0.347. The predicted molar refractivity (Wildman–Crippen MR) is 128 cm³/mol. The van der Waals surface area contributed by atoms with E-state index in [0.717, 1.165) is 18.2 Å². The molecule has 190 valence electrons. The first-order chi connectivity index (χ1) is 16.7. The summed E-state index contributed by atoms with van der Waals surface area (Å²) in [5.74, 6) is -1.79. The van der Waals surface area contributed by atoms with Crippen molar-refractivity contribution in [3.8, 4) is 0 Å². The molecule has 36 heavy (non-hydrogen) atoms. The summed E-state index contributed by atoms with van der Waals surface area (Å²) in [6.07, 6.45) is -5.24. The first-order valence-corrected chi connectivity index (χ1v) is 12.0. The number of halogens is 4. The van der Waals surface area contributed by atoms with Crippen LogP contribution in [0.5, 0.6) is 0 Å². The average molecular weight is 542 g/mol. The van der Waals surface area contributed by atoms with E-state index in [1.54, 1.807) is 30.3 Å². The Morgan fingerprint density at radius 2 is 1.36 bits per heavy atom. The van der Waals surface area contributed by atoms with Crippen molar-refractivity contribution in [1.82, 2.24) is 0 Å². The normalized spacial score (nSPS) is 13.4. The van der Waals surface area contributed by atoms with Gasteiger partial charge < -0.3 is 21.1 Å². The van der Waals surface area contributed by atoms with Crippen molar-refractivity contribution in [1.29, 1.82) is 0 Å². The topological polar surface area (TPSA) is 125 Å². The summed E-state index contributed by atoms with van der Waals surface area (Å²) in [6.45, 7) is 0.277. The molecule has 13 heteroatoms. The molecule has 0 heterocycles. The summed E-state index contributed by atoms with van der Waals surface area (Å²) in [4.78, 5) is 23.5. The van der Waals surface area contributed by atoms with Crippen molar-refractivity contribution in [2.75, 3.05) is 16.0 Å². The van der Waals surface area contributed by atoms with Gasteiger partial charge in [0.2, 0.25) is 15.4 Å². The minimum Gasteiger partial charge on any atom is -0.373 e. The molecule has 0 bridgehead atoms. The second-order valence-corrected chi connectivity index (χ2v) is 10.00. The van der Waals surface area contributed by atoms with Crippen LogP contribution in [-0.2, 0) is 14.6 Å². The number of urea groups is 1. The zero-order valence-electron chi connectivity index (χ0n) is 18.4. The Kier molecular flexibility index (Phi) is 7.62. The summed E-state index contributed by atoms with van der Waals surface area (Å²) in [7, 11) is -4.11. The fourth-order valence-corrected chi connectivity index (χ4v) is 4.38. The van der Waals surface area contributed by atoms with Crippen LogP contribution in [0.4, 0.5) is 35.0 Å². The number of para-hydroxylation sites is 1. The number of sulfone groups is 1. The number of aliphatic hydroxyl groups is 1. The van der Waals surface area contributed by atoms with Gasteiger partial charge in [0.05, 0.1) is 20.5 Å². The molecule has 0 unspecified atom stereocenters. The van der Waals surface area contributed by atoms with E-state index in [1.807, 2.05) is 5.32 Å². The maximum Gasteiger partial charge on any atom is 0.426 e. The molecule has 0 aliphatic carbocycles. The molecule has 4 N–H and O–H groups in total. The highest BCUT2D eigenvalue weighted by molar-refractivity contribution is 7.91. The second-order valence-electron chi connectivity index (χ2n) is 7.64. The predicted octanol–water partition coefficient (Wildman–Crippen LogP) is 5.07. The fraction of sp³-hybridized carbons (Fsp3) is 0.130. The van der Waals surface area contributed by atoms with E-state index in [2.05, 4.69) is 10.6 Å². The molecule has 0 aliphatic rings. The SMILES string of the molecule is C[C@@](O)(C(=O)Nc1ccc(S(=O)(=O)c2ccc(NC(=O)Nc3ccccc3)cc2)cc1Cl)C(F)(F)F. The van der Waals surface area contributed by atoms with Crippen molar-refractivity contribution in [2.45, 2.75) is 28.5 Å². The highest BCUT2D eigenvalue weighted by Crippen LogP contribution is 2.33. The minimum atomic E-state index is -5.24. The van der Waals surface area contributed by atoms with Crippen molar-refractivity contribution < 1.29 is 36.3 Å². The van der Waals surface area contributed by atoms with E-state index < -0.39 is 33.6 Å². The molecule has 0 saturated heterocycles. The number of rotatable bonds is 6. The molecule has 0 aromatic heterocycles. The third-order valence-corrected chi connectivity index (χ3v) is 7.03. The van der Waals surface area contributed by atoms with Gasteiger partial charge in [0.25, 0.3) is 5.91 Å². The second kappa shape index (κ2) is 10.2. The Hall–Kier alpha value is -3.61. The molecule has 3 aromatic rings. The fourth-order valence-electron chi connectivity index (χ4n) is 2.81. The number of anilines is 3. The van der Waals surface area contributed by atoms with Gasteiger partial charge >= 0.3 is 12.2 Å². The summed E-state index contributed by atoms with van der Waals surface area (Å²) in [5, 5.41) is 16.1. The number of hydrogen-bond donors (Lipinski definition) is 4. The number of carbonyl (C=O) groups excluding carboxylic acids is 2. The van der Waals surface area contributed by atoms with Crippen LogP contribution in [0.15, 0.2) is 82.6 Å². The third kappa shape index (κ3) is 5.96. The van der Waals surface area contributed by atoms with Gasteiger partial charge in [-0.1, -0.05) is 29.8 Å². The Labute approximate surface area is 209 Å². The van der Waals surface area contributed by atoms with E-state index in [9.17, 15) is 36.3 Å². The van der Waals surface area contributed by atoms with Crippen LogP contribution in [0.25, 0.3) is 0 Å². The molecule has 0 fully saturated rings. The molecule has 0 radical (unpaired) electrons. The number of carbonyl (C=O) groups is 2. The van der Waals surface area contributed by atoms with E-state index in [-0.39, 0.29) is 27.4 Å². The molecule has 0 spiro atoms. The van der Waals surface area contributed by atoms with Gasteiger partial charge in [-0.05, 0) is 61.5 Å². The standard InChI is InChI=1S/C23H19ClF3N3O5S/c1-22(33,23(25,26)27)20(31)30-19-12-11-17(13-18(19)24)36(34,35)16-9-7-15(8-10-16)29-21(32)28-14-5-3-2-4-6-14/h2-13,33H,1H3,(H,30,31)(H2,28,29,32)/t22-/m1/s1. The van der Waals surface area contributed by atoms with E-state index in [0.29, 0.717) is 11.4 Å². The lowest BCUT2D eigenvalue weighted by atomic mass is 10.1. The summed E-state index contributed by atoms with van der Waals surface area (Å²) in [6, 6.07) is 16.3. The third-order valence-electron chi connectivity index (χ3n) is 4.95. The van der Waals surface area contributed by atoms with Crippen LogP contribution >= 0.6 is 11.6 Å². The molecular formula is C23H19ClF3N3O5S. The molecule has 3 amide bonds. The van der Waals surface area contributed by atoms with Crippen LogP contribution in [-0.4, -0.2) is 37.2 Å². The Balaban J connectivity index is 1.73. The number of amides is 3. The van der Waals surface area contributed by atoms with E-state index in [4.69, 9.17) is 11.6 Å². The first-order valence-electron chi connectivity index (χ1n) is 10.1. The van der Waals surface area contributed by atoms with Gasteiger partial charge in [0.1, 0.15) is 0 Å². The highest BCUT2D eigenvalue weighted by atomic mass is 35.5. The van der Waals surface area contributed by atoms with Gasteiger partial charge in [-0.3, -0.25) is 4.79 Å². The Bertz CT molecular complexity index is 1380. The molecule has 0 saturated carbocycles. The maximum absolute atomic E-state index is 13.0. The Morgan fingerprint density at radius 1 is 0.833 bits per heavy atom. The van der Waals surface area contributed by atoms with Crippen molar-refractivity contribution in [3.05, 3.63) is 77.8 Å². The van der Waals surface area contributed by atoms with Gasteiger partial charge in [0.15, 0.2) is 0 Å². The summed E-state index contributed by atoms with van der Waals surface area (Å²) in [5.41, 5.74) is -3.13. The highest BCUT2D eigenvalue weighted by Gasteiger charge is 2.55. The first kappa shape index (κ1) is 27.0. The molecular weight excluding hydrogens is 523 g/mol. The van der Waals surface area contributed by atoms with Gasteiger partial charge in [-0.2, -0.15) is 13.2 Å². The van der Waals surface area contributed by atoms with Crippen molar-refractivity contribution >= 4 is 50.4 Å². The van der Waals surface area contributed by atoms with Crippen LogP contribution in [0.1, 0.15) is 6.92 Å².